The molecule has 2 aromatic rings. The van der Waals surface area contributed by atoms with E-state index >= 15 is 0 Å². The largest absolute Gasteiger partial charge is 0.873 e. The smallest absolute Gasteiger partial charge is 0.229 e. The van der Waals surface area contributed by atoms with E-state index in [-0.39, 0.29) is 0 Å². The van der Waals surface area contributed by atoms with E-state index in [1.54, 1.807) is 12.1 Å². The summed E-state index contributed by atoms with van der Waals surface area (Å²) in [5.41, 5.74) is 3.67. The average Bonchev–Trinajstić information content (AvgIpc) is 2.69. The van der Waals surface area contributed by atoms with E-state index in [0.29, 0.717) is 22.3 Å². The summed E-state index contributed by atoms with van der Waals surface area (Å²) in [6, 6.07) is 8.93. The summed E-state index contributed by atoms with van der Waals surface area (Å²) < 4.78 is 0. The van der Waals surface area contributed by atoms with Gasteiger partial charge in [0.25, 0.3) is 0 Å². The number of ketones is 2. The van der Waals surface area contributed by atoms with Gasteiger partial charge in [0, 0.05) is 25.4 Å². The van der Waals surface area contributed by atoms with Gasteiger partial charge in [-0.3, -0.25) is 9.59 Å². The zero-order chi connectivity index (χ0) is 24.9. The first-order valence-electron chi connectivity index (χ1n) is 11.0. The van der Waals surface area contributed by atoms with Gasteiger partial charge < -0.3 is 15.1 Å². The van der Waals surface area contributed by atoms with Crippen molar-refractivity contribution in [3.05, 3.63) is 59.2 Å². The minimum Gasteiger partial charge on any atom is -0.873 e. The molecule has 0 saturated carbocycles. The Labute approximate surface area is 196 Å². The first kappa shape index (κ1) is 24.3. The highest BCUT2D eigenvalue weighted by atomic mass is 16.3. The van der Waals surface area contributed by atoms with Gasteiger partial charge in [0.2, 0.25) is 11.6 Å². The molecule has 0 spiro atoms. The Hall–Kier alpha value is -3.34. The molecule has 1 aliphatic rings. The van der Waals surface area contributed by atoms with Gasteiger partial charge in [-0.1, -0.05) is 59.2 Å². The quantitative estimate of drug-likeness (QED) is 0.517. The maximum Gasteiger partial charge on any atom is 0.229 e. The molecule has 174 valence electrons. The topological polar surface area (TPSA) is 83.5 Å². The Bertz CT molecular complexity index is 1200. The predicted molar refractivity (Wildman–Crippen MR) is 129 cm³/mol. The van der Waals surface area contributed by atoms with Crippen molar-refractivity contribution in [2.24, 2.45) is 5.41 Å². The molecule has 0 atom stereocenters. The summed E-state index contributed by atoms with van der Waals surface area (Å²) >= 11 is 0. The Kier molecular flexibility index (Phi) is 6.05. The van der Waals surface area contributed by atoms with Gasteiger partial charge >= 0.3 is 0 Å². The first-order chi connectivity index (χ1) is 15.1. The van der Waals surface area contributed by atoms with Gasteiger partial charge in [0.1, 0.15) is 0 Å². The van der Waals surface area contributed by atoms with Crippen LogP contribution in [-0.2, 0) is 15.0 Å². The zero-order valence-corrected chi connectivity index (χ0v) is 20.6. The van der Waals surface area contributed by atoms with Crippen molar-refractivity contribution >= 4 is 22.8 Å². The first-order valence-corrected chi connectivity index (χ1v) is 11.0. The number of anilines is 1. The number of allylic oxidation sites excluding steroid dienone is 4. The standard InChI is InChI=1S/C28H33NO4/c1-27(2,3)21-12-18(14-23(30)25(21)32)16-9-17(11-20(10-16)29(7)8)19-13-22(28(4,5)6)26(33)24(31)15-19/h9-15,30,32H,1-8H3/p-2. The number of hydrogen-bond donors (Lipinski definition) is 0. The van der Waals surface area contributed by atoms with E-state index in [2.05, 4.69) is 0 Å². The predicted octanol–water partition coefficient (Wildman–Crippen LogP) is 4.37. The molecule has 0 radical (unpaired) electrons. The highest BCUT2D eigenvalue weighted by molar-refractivity contribution is 6.50. The van der Waals surface area contributed by atoms with Crippen LogP contribution in [0.1, 0.15) is 52.7 Å². The maximum atomic E-state index is 12.5. The van der Waals surface area contributed by atoms with E-state index in [0.717, 1.165) is 16.8 Å². The molecule has 0 N–H and O–H groups in total. The van der Waals surface area contributed by atoms with Crippen LogP contribution < -0.4 is 15.1 Å². The molecule has 0 aromatic heterocycles. The number of rotatable bonds is 3. The van der Waals surface area contributed by atoms with Crippen LogP contribution in [0.25, 0.3) is 16.7 Å². The van der Waals surface area contributed by atoms with Crippen molar-refractivity contribution in [1.82, 2.24) is 0 Å². The average molecular weight is 446 g/mol. The van der Waals surface area contributed by atoms with Gasteiger partial charge in [-0.25, -0.2) is 0 Å². The third kappa shape index (κ3) is 4.87. The van der Waals surface area contributed by atoms with E-state index in [1.165, 1.54) is 12.1 Å². The molecular weight excluding hydrogens is 414 g/mol. The van der Waals surface area contributed by atoms with Crippen molar-refractivity contribution < 1.29 is 19.8 Å². The van der Waals surface area contributed by atoms with Crippen LogP contribution in [0.5, 0.6) is 11.5 Å². The van der Waals surface area contributed by atoms with Crippen molar-refractivity contribution in [2.45, 2.75) is 47.0 Å². The van der Waals surface area contributed by atoms with Crippen LogP contribution in [0.4, 0.5) is 5.69 Å². The van der Waals surface area contributed by atoms with Gasteiger partial charge in [-0.2, -0.15) is 0 Å². The highest BCUT2D eigenvalue weighted by Gasteiger charge is 2.31. The number of hydrogen-bond acceptors (Lipinski definition) is 5. The third-order valence-electron chi connectivity index (χ3n) is 5.83. The molecule has 3 rings (SSSR count). The number of benzene rings is 2. The lowest BCUT2D eigenvalue weighted by molar-refractivity contribution is -0.318. The van der Waals surface area contributed by atoms with Gasteiger partial charge in [0.15, 0.2) is 0 Å². The number of Topliss-reactive ketones (excluding diaryl/α,β-unsaturated/α-hetero) is 1. The highest BCUT2D eigenvalue weighted by Crippen LogP contribution is 2.40. The third-order valence-corrected chi connectivity index (χ3v) is 5.83. The SMILES string of the molecule is CN(C)c1cc(C2=CC(=O)C(=O)C(C(C)(C)C)=C2)cc(-c2cc([O-])c([O-])c(C(C)(C)C)c2)c1. The van der Waals surface area contributed by atoms with E-state index in [9.17, 15) is 19.8 Å². The molecule has 5 nitrogen and oxygen atoms in total. The molecule has 33 heavy (non-hydrogen) atoms. The number of carbonyl (C=O) groups excluding carboxylic acids is 2. The van der Waals surface area contributed by atoms with Crippen LogP contribution in [-0.4, -0.2) is 25.7 Å². The molecule has 2 aromatic carbocycles. The summed E-state index contributed by atoms with van der Waals surface area (Å²) in [6.07, 6.45) is 3.15. The lowest BCUT2D eigenvalue weighted by atomic mass is 9.78. The second-order valence-corrected chi connectivity index (χ2v) is 10.9. The minimum atomic E-state index is -0.540. The van der Waals surface area contributed by atoms with Crippen molar-refractivity contribution in [2.75, 3.05) is 19.0 Å². The number of nitrogens with zero attached hydrogens (tertiary/aromatic N) is 1. The molecule has 0 aliphatic heterocycles. The van der Waals surface area contributed by atoms with E-state index in [4.69, 9.17) is 0 Å². The lowest BCUT2D eigenvalue weighted by Crippen LogP contribution is -2.26. The molecule has 0 saturated heterocycles. The van der Waals surface area contributed by atoms with Crippen LogP contribution in [0.2, 0.25) is 0 Å². The Morgan fingerprint density at radius 1 is 0.727 bits per heavy atom. The molecule has 1 aliphatic carbocycles. The van der Waals surface area contributed by atoms with E-state index < -0.39 is 33.9 Å². The lowest BCUT2D eigenvalue weighted by Gasteiger charge is -2.31. The number of carbonyl (C=O) groups is 2. The fourth-order valence-electron chi connectivity index (χ4n) is 3.85. The fourth-order valence-corrected chi connectivity index (χ4v) is 3.85. The molecule has 0 unspecified atom stereocenters. The Balaban J connectivity index is 2.25. The van der Waals surface area contributed by atoms with Gasteiger partial charge in [0.05, 0.1) is 0 Å². The summed E-state index contributed by atoms with van der Waals surface area (Å²) in [5.74, 6) is -2.04. The van der Waals surface area contributed by atoms with Crippen molar-refractivity contribution in [1.29, 1.82) is 0 Å². The molecule has 5 heteroatoms. The maximum absolute atomic E-state index is 12.5. The molecular formula is C28H31NO4-2. The fraction of sp³-hybridized carbons (Fsp3) is 0.357. The molecule has 0 heterocycles. The van der Waals surface area contributed by atoms with Gasteiger partial charge in [-0.15, -0.1) is 11.5 Å². The summed E-state index contributed by atoms with van der Waals surface area (Å²) in [4.78, 5) is 26.9. The summed E-state index contributed by atoms with van der Waals surface area (Å²) in [6.45, 7) is 11.4. The van der Waals surface area contributed by atoms with Crippen LogP contribution in [0.3, 0.4) is 0 Å². The molecule has 0 fully saturated rings. The van der Waals surface area contributed by atoms with Crippen molar-refractivity contribution in [3.63, 3.8) is 0 Å². The molecule has 0 amide bonds. The monoisotopic (exact) mass is 445 g/mol. The Morgan fingerprint density at radius 3 is 1.85 bits per heavy atom. The van der Waals surface area contributed by atoms with E-state index in [1.807, 2.05) is 78.7 Å². The second kappa shape index (κ2) is 8.22. The zero-order valence-electron chi connectivity index (χ0n) is 20.6. The minimum absolute atomic E-state index is 0.467. The van der Waals surface area contributed by atoms with Gasteiger partial charge in [-0.05, 0) is 63.4 Å². The normalized spacial score (nSPS) is 14.8. The van der Waals surface area contributed by atoms with Crippen LogP contribution >= 0.6 is 0 Å². The summed E-state index contributed by atoms with van der Waals surface area (Å²) in [5, 5.41) is 25.0. The second-order valence-electron chi connectivity index (χ2n) is 10.9. The Morgan fingerprint density at radius 2 is 1.30 bits per heavy atom. The van der Waals surface area contributed by atoms with Crippen molar-refractivity contribution in [3.8, 4) is 22.6 Å². The van der Waals surface area contributed by atoms with Crippen LogP contribution in [0.15, 0.2) is 48.1 Å². The van der Waals surface area contributed by atoms with Crippen LogP contribution in [0, 0.1) is 5.41 Å². The molecule has 0 bridgehead atoms. The summed E-state index contributed by atoms with van der Waals surface area (Å²) in [7, 11) is 3.81.